The maximum Gasteiger partial charge on any atom is 0.122 e. The van der Waals surface area contributed by atoms with Gasteiger partial charge in [0, 0.05) is 10.7 Å². The lowest BCUT2D eigenvalue weighted by atomic mass is 9.80. The minimum atomic E-state index is 0.521. The Morgan fingerprint density at radius 2 is 2.00 bits per heavy atom. The zero-order chi connectivity index (χ0) is 11.7. The molecule has 0 saturated carbocycles. The van der Waals surface area contributed by atoms with Gasteiger partial charge in [0.25, 0.3) is 0 Å². The van der Waals surface area contributed by atoms with Crippen LogP contribution in [0.2, 0.25) is 0 Å². The van der Waals surface area contributed by atoms with Crippen molar-refractivity contribution in [1.82, 2.24) is 0 Å². The van der Waals surface area contributed by atoms with Crippen molar-refractivity contribution < 1.29 is 4.74 Å². The molecule has 0 amide bonds. The van der Waals surface area contributed by atoms with Crippen LogP contribution < -0.4 is 4.74 Å². The van der Waals surface area contributed by atoms with Crippen LogP contribution in [0.3, 0.4) is 0 Å². The zero-order valence-electron chi connectivity index (χ0n) is 10.1. The van der Waals surface area contributed by atoms with Crippen molar-refractivity contribution in [3.05, 3.63) is 29.8 Å². The van der Waals surface area contributed by atoms with Crippen molar-refractivity contribution in [2.45, 2.75) is 31.5 Å². The minimum absolute atomic E-state index is 0.521. The van der Waals surface area contributed by atoms with Crippen LogP contribution in [-0.4, -0.2) is 11.4 Å². The lowest BCUT2D eigenvalue weighted by Crippen LogP contribution is -2.31. The number of alkyl halides is 1. The summed E-state index contributed by atoms with van der Waals surface area (Å²) in [5.41, 5.74) is 1.36. The van der Waals surface area contributed by atoms with Gasteiger partial charge < -0.3 is 4.74 Å². The van der Waals surface area contributed by atoms with Crippen molar-refractivity contribution in [3.63, 3.8) is 0 Å². The summed E-state index contributed by atoms with van der Waals surface area (Å²) in [5.74, 6) is 2.83. The second kappa shape index (κ2) is 4.79. The Morgan fingerprint density at radius 1 is 1.31 bits per heavy atom. The van der Waals surface area contributed by atoms with E-state index in [9.17, 15) is 0 Å². The van der Waals surface area contributed by atoms with Crippen LogP contribution in [-0.2, 0) is 0 Å². The van der Waals surface area contributed by atoms with Crippen LogP contribution in [0.15, 0.2) is 24.3 Å². The summed E-state index contributed by atoms with van der Waals surface area (Å²) in [4.78, 5) is 0.521. The van der Waals surface area contributed by atoms with Gasteiger partial charge in [-0.1, -0.05) is 54.9 Å². The molecule has 1 aliphatic rings. The van der Waals surface area contributed by atoms with Crippen molar-refractivity contribution >= 4 is 15.9 Å². The molecule has 0 saturated heterocycles. The molecule has 1 aromatic rings. The first kappa shape index (κ1) is 12.0. The van der Waals surface area contributed by atoms with Crippen molar-refractivity contribution in [3.8, 4) is 5.75 Å². The molecule has 16 heavy (non-hydrogen) atoms. The number of benzene rings is 1. The van der Waals surface area contributed by atoms with Gasteiger partial charge in [-0.25, -0.2) is 0 Å². The first-order valence-electron chi connectivity index (χ1n) is 5.97. The minimum Gasteiger partial charge on any atom is -0.493 e. The molecule has 3 unspecified atom stereocenters. The molecular weight excluding hydrogens is 264 g/mol. The molecule has 1 aliphatic heterocycles. The Hall–Kier alpha value is -0.500. The van der Waals surface area contributed by atoms with Crippen molar-refractivity contribution in [1.29, 1.82) is 0 Å². The van der Waals surface area contributed by atoms with E-state index in [2.05, 4.69) is 54.9 Å². The molecule has 0 spiro atoms. The van der Waals surface area contributed by atoms with Gasteiger partial charge in [-0.2, -0.15) is 0 Å². The van der Waals surface area contributed by atoms with Crippen LogP contribution in [0.4, 0.5) is 0 Å². The zero-order valence-corrected chi connectivity index (χ0v) is 11.7. The SMILES string of the molecule is CC(C)C(Br)C1c2ccccc2OCC1C. The van der Waals surface area contributed by atoms with Crippen molar-refractivity contribution in [2.24, 2.45) is 11.8 Å². The fourth-order valence-corrected chi connectivity index (χ4v) is 3.22. The number of hydrogen-bond donors (Lipinski definition) is 0. The van der Waals surface area contributed by atoms with Gasteiger partial charge in [0.05, 0.1) is 6.61 Å². The van der Waals surface area contributed by atoms with E-state index < -0.39 is 0 Å². The maximum atomic E-state index is 5.78. The molecule has 2 rings (SSSR count). The molecule has 3 atom stereocenters. The molecule has 2 heteroatoms. The van der Waals surface area contributed by atoms with Crippen LogP contribution in [0.5, 0.6) is 5.75 Å². The standard InChI is InChI=1S/C14H19BrO/c1-9(2)14(15)13-10(3)8-16-12-7-5-4-6-11(12)13/h4-7,9-10,13-14H,8H2,1-3H3. The number of hydrogen-bond acceptors (Lipinski definition) is 1. The lowest BCUT2D eigenvalue weighted by molar-refractivity contribution is 0.197. The molecule has 1 aromatic carbocycles. The van der Waals surface area contributed by atoms with Crippen LogP contribution in [0, 0.1) is 11.8 Å². The highest BCUT2D eigenvalue weighted by atomic mass is 79.9. The summed E-state index contributed by atoms with van der Waals surface area (Å²) in [6.07, 6.45) is 0. The fraction of sp³-hybridized carbons (Fsp3) is 0.571. The van der Waals surface area contributed by atoms with E-state index in [-0.39, 0.29) is 0 Å². The van der Waals surface area contributed by atoms with Crippen LogP contribution >= 0.6 is 15.9 Å². The molecule has 0 bridgehead atoms. The van der Waals surface area contributed by atoms with E-state index in [0.29, 0.717) is 22.6 Å². The van der Waals surface area contributed by atoms with E-state index in [4.69, 9.17) is 4.74 Å². The summed E-state index contributed by atoms with van der Waals surface area (Å²) < 4.78 is 5.78. The molecule has 0 N–H and O–H groups in total. The van der Waals surface area contributed by atoms with Gasteiger partial charge in [-0.3, -0.25) is 0 Å². The number of fused-ring (bicyclic) bond motifs is 1. The Morgan fingerprint density at radius 3 is 2.69 bits per heavy atom. The van der Waals surface area contributed by atoms with E-state index in [0.717, 1.165) is 12.4 Å². The molecule has 88 valence electrons. The summed E-state index contributed by atoms with van der Waals surface area (Å²) in [5, 5.41) is 0. The summed E-state index contributed by atoms with van der Waals surface area (Å²) in [6.45, 7) is 7.64. The largest absolute Gasteiger partial charge is 0.493 e. The topological polar surface area (TPSA) is 9.23 Å². The predicted molar refractivity (Wildman–Crippen MR) is 71.4 cm³/mol. The average molecular weight is 283 g/mol. The second-order valence-electron chi connectivity index (χ2n) is 5.04. The average Bonchev–Trinajstić information content (AvgIpc) is 2.28. The normalized spacial score (nSPS) is 26.1. The summed E-state index contributed by atoms with van der Waals surface area (Å²) in [6, 6.07) is 8.43. The number of halogens is 1. The van der Waals surface area contributed by atoms with Gasteiger partial charge in [0.1, 0.15) is 5.75 Å². The smallest absolute Gasteiger partial charge is 0.122 e. The van der Waals surface area contributed by atoms with E-state index in [1.807, 2.05) is 6.07 Å². The molecule has 0 radical (unpaired) electrons. The highest BCUT2D eigenvalue weighted by molar-refractivity contribution is 9.09. The maximum absolute atomic E-state index is 5.78. The third-order valence-corrected chi connectivity index (χ3v) is 5.00. The Labute approximate surface area is 106 Å². The van der Waals surface area contributed by atoms with Gasteiger partial charge in [0.15, 0.2) is 0 Å². The summed E-state index contributed by atoms with van der Waals surface area (Å²) in [7, 11) is 0. The Bertz CT molecular complexity index is 362. The van der Waals surface area contributed by atoms with Gasteiger partial charge in [-0.15, -0.1) is 0 Å². The fourth-order valence-electron chi connectivity index (χ4n) is 2.42. The van der Waals surface area contributed by atoms with Gasteiger partial charge >= 0.3 is 0 Å². The Kier molecular flexibility index (Phi) is 3.58. The van der Waals surface area contributed by atoms with E-state index in [1.165, 1.54) is 5.56 Å². The quantitative estimate of drug-likeness (QED) is 0.738. The molecule has 0 aliphatic carbocycles. The molecule has 1 nitrogen and oxygen atoms in total. The van der Waals surface area contributed by atoms with Gasteiger partial charge in [0.2, 0.25) is 0 Å². The molecule has 1 heterocycles. The predicted octanol–water partition coefficient (Wildman–Crippen LogP) is 4.22. The molecule has 0 aromatic heterocycles. The number of ether oxygens (including phenoxy) is 1. The molecular formula is C14H19BrO. The van der Waals surface area contributed by atoms with Crippen LogP contribution in [0.1, 0.15) is 32.3 Å². The van der Waals surface area contributed by atoms with Crippen LogP contribution in [0.25, 0.3) is 0 Å². The highest BCUT2D eigenvalue weighted by Gasteiger charge is 2.34. The van der Waals surface area contributed by atoms with Crippen molar-refractivity contribution in [2.75, 3.05) is 6.61 Å². The van der Waals surface area contributed by atoms with E-state index >= 15 is 0 Å². The third-order valence-electron chi connectivity index (χ3n) is 3.37. The monoisotopic (exact) mass is 282 g/mol. The highest BCUT2D eigenvalue weighted by Crippen LogP contribution is 2.43. The van der Waals surface area contributed by atoms with Gasteiger partial charge in [-0.05, 0) is 23.5 Å². The number of para-hydroxylation sites is 1. The first-order valence-corrected chi connectivity index (χ1v) is 6.88. The van der Waals surface area contributed by atoms with E-state index in [1.54, 1.807) is 0 Å². The lowest BCUT2D eigenvalue weighted by Gasteiger charge is -2.36. The second-order valence-corrected chi connectivity index (χ2v) is 6.10. The number of rotatable bonds is 2. The molecule has 0 fully saturated rings. The summed E-state index contributed by atoms with van der Waals surface area (Å²) >= 11 is 3.86. The third kappa shape index (κ3) is 2.13. The Balaban J connectivity index is 2.36. The first-order chi connectivity index (χ1) is 7.61.